The average Bonchev–Trinajstić information content (AvgIpc) is 2.66. The van der Waals surface area contributed by atoms with Gasteiger partial charge in [0, 0.05) is 13.1 Å². The van der Waals surface area contributed by atoms with Crippen LogP contribution in [0.3, 0.4) is 0 Å². The quantitative estimate of drug-likeness (QED) is 0.884. The minimum absolute atomic E-state index is 0.309. The van der Waals surface area contributed by atoms with Gasteiger partial charge in [-0.1, -0.05) is 25.8 Å². The second-order valence-corrected chi connectivity index (χ2v) is 4.64. The Bertz CT molecular complexity index is 583. The first-order valence-electron chi connectivity index (χ1n) is 6.44. The van der Waals surface area contributed by atoms with Crippen LogP contribution in [-0.4, -0.2) is 11.6 Å². The molecule has 0 aliphatic rings. The Kier molecular flexibility index (Phi) is 3.87. The first kappa shape index (κ1) is 12.9. The van der Waals surface area contributed by atoms with Crippen molar-refractivity contribution in [3.63, 3.8) is 0 Å². The van der Waals surface area contributed by atoms with Crippen LogP contribution in [-0.2, 0) is 7.05 Å². The number of fused-ring (bicyclic) bond motifs is 1. The minimum atomic E-state index is -0.309. The number of hydrogen-bond acceptors (Lipinski definition) is 3. The number of nitrogens with one attached hydrogen (secondary N) is 1. The lowest BCUT2D eigenvalue weighted by atomic mass is 10.0. The smallest absolute Gasteiger partial charge is 0.408 e. The van der Waals surface area contributed by atoms with Crippen LogP contribution in [0, 0.1) is 0 Å². The molecule has 2 rings (SSSR count). The molecule has 0 amide bonds. The maximum absolute atomic E-state index is 11.4. The van der Waals surface area contributed by atoms with E-state index in [9.17, 15) is 4.79 Å². The summed E-state index contributed by atoms with van der Waals surface area (Å²) in [6, 6.07) is 6.30. The van der Waals surface area contributed by atoms with Gasteiger partial charge < -0.3 is 9.73 Å². The van der Waals surface area contributed by atoms with E-state index >= 15 is 0 Å². The number of aromatic nitrogens is 1. The van der Waals surface area contributed by atoms with Gasteiger partial charge in [0.25, 0.3) is 0 Å². The number of benzene rings is 1. The summed E-state index contributed by atoms with van der Waals surface area (Å²) in [4.78, 5) is 11.4. The fourth-order valence-corrected chi connectivity index (χ4v) is 2.25. The Balaban J connectivity index is 2.36. The molecule has 0 radical (unpaired) electrons. The molecule has 18 heavy (non-hydrogen) atoms. The molecule has 1 N–H and O–H groups in total. The van der Waals surface area contributed by atoms with Gasteiger partial charge in [0.15, 0.2) is 5.58 Å². The molecule has 1 atom stereocenters. The highest BCUT2D eigenvalue weighted by molar-refractivity contribution is 5.73. The van der Waals surface area contributed by atoms with Gasteiger partial charge in [-0.05, 0) is 31.2 Å². The molecule has 0 bridgehead atoms. The second-order valence-electron chi connectivity index (χ2n) is 4.64. The molecule has 4 nitrogen and oxygen atoms in total. The largest absolute Gasteiger partial charge is 0.419 e. The molecule has 4 heteroatoms. The van der Waals surface area contributed by atoms with E-state index in [-0.39, 0.29) is 5.76 Å². The molecule has 1 aromatic carbocycles. The van der Waals surface area contributed by atoms with Crippen LogP contribution < -0.4 is 11.1 Å². The number of hydrogen-bond donors (Lipinski definition) is 1. The van der Waals surface area contributed by atoms with Crippen LogP contribution in [0.15, 0.2) is 27.4 Å². The van der Waals surface area contributed by atoms with E-state index < -0.39 is 0 Å². The zero-order valence-corrected chi connectivity index (χ0v) is 11.2. The summed E-state index contributed by atoms with van der Waals surface area (Å²) in [5.41, 5.74) is 2.68. The van der Waals surface area contributed by atoms with Crippen LogP contribution in [0.1, 0.15) is 37.8 Å². The third-order valence-corrected chi connectivity index (χ3v) is 3.41. The molecule has 0 saturated carbocycles. The Labute approximate surface area is 107 Å². The summed E-state index contributed by atoms with van der Waals surface area (Å²) in [7, 11) is 3.69. The van der Waals surface area contributed by atoms with Crippen molar-refractivity contribution >= 4 is 11.1 Å². The lowest BCUT2D eigenvalue weighted by Crippen LogP contribution is -2.16. The minimum Gasteiger partial charge on any atom is -0.408 e. The predicted octanol–water partition coefficient (Wildman–Crippen LogP) is 2.58. The lowest BCUT2D eigenvalue weighted by Gasteiger charge is -2.16. The molecule has 1 heterocycles. The van der Waals surface area contributed by atoms with Gasteiger partial charge in [-0.25, -0.2) is 4.79 Å². The normalized spacial score (nSPS) is 13.1. The van der Waals surface area contributed by atoms with E-state index in [4.69, 9.17) is 4.42 Å². The standard InChI is InChI=1S/C14H20N2O2/c1-4-5-6-11(15-2)10-7-8-12-13(9-10)18-14(17)16(12)3/h7-9,11,15H,4-6H2,1-3H3. The van der Waals surface area contributed by atoms with Gasteiger partial charge in [-0.2, -0.15) is 0 Å². The first-order valence-corrected chi connectivity index (χ1v) is 6.44. The lowest BCUT2D eigenvalue weighted by molar-refractivity contribution is 0.516. The first-order chi connectivity index (χ1) is 8.67. The molecule has 0 fully saturated rings. The summed E-state index contributed by atoms with van der Waals surface area (Å²) < 4.78 is 6.75. The molecule has 0 aliphatic carbocycles. The number of rotatable bonds is 5. The van der Waals surface area contributed by atoms with E-state index in [2.05, 4.69) is 18.3 Å². The van der Waals surface area contributed by atoms with Crippen LogP contribution in [0.5, 0.6) is 0 Å². The third kappa shape index (κ3) is 2.34. The highest BCUT2D eigenvalue weighted by Crippen LogP contribution is 2.23. The second kappa shape index (κ2) is 5.40. The molecule has 1 unspecified atom stereocenters. The summed E-state index contributed by atoms with van der Waals surface area (Å²) in [5.74, 6) is -0.309. The zero-order chi connectivity index (χ0) is 13.1. The van der Waals surface area contributed by atoms with Crippen molar-refractivity contribution < 1.29 is 4.42 Å². The van der Waals surface area contributed by atoms with Gasteiger partial charge >= 0.3 is 5.76 Å². The SMILES string of the molecule is CCCCC(NC)c1ccc2c(c1)oc(=O)n2C. The number of oxazole rings is 1. The number of nitrogens with zero attached hydrogens (tertiary/aromatic N) is 1. The Morgan fingerprint density at radius 3 is 2.89 bits per heavy atom. The van der Waals surface area contributed by atoms with Crippen molar-refractivity contribution in [2.45, 2.75) is 32.2 Å². The van der Waals surface area contributed by atoms with Crippen molar-refractivity contribution in [3.8, 4) is 0 Å². The summed E-state index contributed by atoms with van der Waals surface area (Å²) in [6.45, 7) is 2.19. The zero-order valence-electron chi connectivity index (χ0n) is 11.2. The summed E-state index contributed by atoms with van der Waals surface area (Å²) >= 11 is 0. The highest BCUT2D eigenvalue weighted by atomic mass is 16.4. The fraction of sp³-hybridized carbons (Fsp3) is 0.500. The molecule has 0 saturated heterocycles. The molecular weight excluding hydrogens is 228 g/mol. The van der Waals surface area contributed by atoms with Crippen LogP contribution >= 0.6 is 0 Å². The third-order valence-electron chi connectivity index (χ3n) is 3.41. The van der Waals surface area contributed by atoms with Crippen molar-refractivity contribution in [2.24, 2.45) is 7.05 Å². The Morgan fingerprint density at radius 2 is 2.22 bits per heavy atom. The van der Waals surface area contributed by atoms with E-state index in [1.807, 2.05) is 19.2 Å². The maximum atomic E-state index is 11.4. The van der Waals surface area contributed by atoms with Gasteiger partial charge in [0.05, 0.1) is 5.52 Å². The van der Waals surface area contributed by atoms with Crippen LogP contribution in [0.25, 0.3) is 11.1 Å². The molecule has 0 aliphatic heterocycles. The van der Waals surface area contributed by atoms with Gasteiger partial charge in [-0.3, -0.25) is 4.57 Å². The topological polar surface area (TPSA) is 47.2 Å². The number of unbranched alkanes of at least 4 members (excludes halogenated alkanes) is 1. The maximum Gasteiger partial charge on any atom is 0.419 e. The van der Waals surface area contributed by atoms with E-state index in [1.54, 1.807) is 7.05 Å². The van der Waals surface area contributed by atoms with Gasteiger partial charge in [-0.15, -0.1) is 0 Å². The van der Waals surface area contributed by atoms with Gasteiger partial charge in [0.1, 0.15) is 0 Å². The molecule has 0 spiro atoms. The van der Waals surface area contributed by atoms with Crippen LogP contribution in [0.4, 0.5) is 0 Å². The van der Waals surface area contributed by atoms with E-state index in [0.29, 0.717) is 11.6 Å². The van der Waals surface area contributed by atoms with Crippen LogP contribution in [0.2, 0.25) is 0 Å². The van der Waals surface area contributed by atoms with Crippen molar-refractivity contribution in [1.82, 2.24) is 9.88 Å². The molecule has 1 aromatic heterocycles. The monoisotopic (exact) mass is 248 g/mol. The van der Waals surface area contributed by atoms with E-state index in [0.717, 1.165) is 11.9 Å². The van der Waals surface area contributed by atoms with Crippen molar-refractivity contribution in [2.75, 3.05) is 7.05 Å². The summed E-state index contributed by atoms with van der Waals surface area (Å²) in [5, 5.41) is 3.31. The summed E-state index contributed by atoms with van der Waals surface area (Å²) in [6.07, 6.45) is 3.46. The van der Waals surface area contributed by atoms with E-state index in [1.165, 1.54) is 23.0 Å². The highest BCUT2D eigenvalue weighted by Gasteiger charge is 2.12. The Morgan fingerprint density at radius 1 is 1.44 bits per heavy atom. The predicted molar refractivity (Wildman–Crippen MR) is 72.8 cm³/mol. The Hall–Kier alpha value is -1.55. The average molecular weight is 248 g/mol. The fourth-order valence-electron chi connectivity index (χ4n) is 2.25. The van der Waals surface area contributed by atoms with Gasteiger partial charge in [0.2, 0.25) is 0 Å². The molecule has 98 valence electrons. The number of aryl methyl sites for hydroxylation is 1. The van der Waals surface area contributed by atoms with Crippen molar-refractivity contribution in [1.29, 1.82) is 0 Å². The molecular formula is C14H20N2O2. The molecule has 2 aromatic rings. The van der Waals surface area contributed by atoms with Crippen molar-refractivity contribution in [3.05, 3.63) is 34.3 Å².